The summed E-state index contributed by atoms with van der Waals surface area (Å²) in [6.07, 6.45) is 0. The second kappa shape index (κ2) is 7.06. The summed E-state index contributed by atoms with van der Waals surface area (Å²) in [5, 5.41) is 10.6. The first-order valence-corrected chi connectivity index (χ1v) is 8.16. The third-order valence-electron chi connectivity index (χ3n) is 2.68. The third-order valence-corrected chi connectivity index (χ3v) is 5.15. The smallest absolute Gasteiger partial charge is 0.344 e. The van der Waals surface area contributed by atoms with Crippen LogP contribution in [0.25, 0.3) is 0 Å². The number of esters is 1. The van der Waals surface area contributed by atoms with Crippen molar-refractivity contribution in [3.05, 3.63) is 60.4 Å². The Morgan fingerprint density at radius 2 is 1.65 bits per heavy atom. The van der Waals surface area contributed by atoms with E-state index >= 15 is 0 Å². The monoisotopic (exact) mass is 511 g/mol. The predicted octanol–water partition coefficient (Wildman–Crippen LogP) is 3.83. The van der Waals surface area contributed by atoms with Crippen molar-refractivity contribution < 1.29 is 28.2 Å². The number of benzene rings is 2. The molecule has 9 heteroatoms. The van der Waals surface area contributed by atoms with Gasteiger partial charge in [0.25, 0.3) is 0 Å². The fraction of sp³-hybridized carbons (Fsp3) is 0. The summed E-state index contributed by atoms with van der Waals surface area (Å²) in [4.78, 5) is 22.7. The molecule has 4 nitrogen and oxygen atoms in total. The fourth-order valence-corrected chi connectivity index (χ4v) is 3.24. The van der Waals surface area contributed by atoms with Gasteiger partial charge in [0.15, 0.2) is 11.6 Å². The van der Waals surface area contributed by atoms with E-state index in [4.69, 9.17) is 4.74 Å². The Kier molecular flexibility index (Phi) is 5.53. The lowest BCUT2D eigenvalue weighted by Crippen LogP contribution is -2.24. The first kappa shape index (κ1) is 18.0. The van der Waals surface area contributed by atoms with E-state index in [0.717, 1.165) is 12.1 Å². The van der Waals surface area contributed by atoms with E-state index in [-0.39, 0.29) is 5.56 Å². The van der Waals surface area contributed by atoms with Gasteiger partial charge in [-0.3, -0.25) is 0 Å². The second-order valence-electron chi connectivity index (χ2n) is 4.17. The molecular formula is C14H4Br3F2O4-. The van der Waals surface area contributed by atoms with E-state index in [1.54, 1.807) is 6.07 Å². The van der Waals surface area contributed by atoms with Crippen LogP contribution in [0.15, 0.2) is 37.7 Å². The van der Waals surface area contributed by atoms with Crippen LogP contribution in [-0.4, -0.2) is 11.9 Å². The molecule has 2 rings (SSSR count). The van der Waals surface area contributed by atoms with Crippen LogP contribution in [0.1, 0.15) is 20.7 Å². The summed E-state index contributed by atoms with van der Waals surface area (Å²) in [5.41, 5.74) is -0.913. The lowest BCUT2D eigenvalue weighted by Gasteiger charge is -2.11. The van der Waals surface area contributed by atoms with Crippen LogP contribution in [0.5, 0.6) is 5.75 Å². The minimum atomic E-state index is -1.88. The highest BCUT2D eigenvalue weighted by Gasteiger charge is 2.21. The van der Waals surface area contributed by atoms with Gasteiger partial charge in [0, 0.05) is 19.0 Å². The number of carbonyl (C=O) groups is 2. The fourth-order valence-electron chi connectivity index (χ4n) is 1.63. The minimum Gasteiger partial charge on any atom is -0.545 e. The Hall–Kier alpha value is -1.32. The molecule has 0 heterocycles. The molecule has 0 bridgehead atoms. The summed E-state index contributed by atoms with van der Waals surface area (Å²) >= 11 is 9.57. The van der Waals surface area contributed by atoms with Crippen molar-refractivity contribution >= 4 is 59.7 Å². The molecule has 23 heavy (non-hydrogen) atoms. The Morgan fingerprint density at radius 3 is 2.26 bits per heavy atom. The lowest BCUT2D eigenvalue weighted by atomic mass is 10.2. The molecular weight excluding hydrogens is 510 g/mol. The molecule has 0 unspecified atom stereocenters. The van der Waals surface area contributed by atoms with Crippen LogP contribution < -0.4 is 9.84 Å². The van der Waals surface area contributed by atoms with Gasteiger partial charge in [-0.05, 0) is 56.1 Å². The topological polar surface area (TPSA) is 66.4 Å². The van der Waals surface area contributed by atoms with Gasteiger partial charge in [0.05, 0.1) is 11.5 Å². The van der Waals surface area contributed by atoms with Gasteiger partial charge in [-0.1, -0.05) is 15.9 Å². The van der Waals surface area contributed by atoms with Crippen LogP contribution in [0, 0.1) is 11.6 Å². The Balaban J connectivity index is 2.39. The average molecular weight is 514 g/mol. The van der Waals surface area contributed by atoms with Crippen molar-refractivity contribution in [1.82, 2.24) is 0 Å². The number of hydrogen-bond donors (Lipinski definition) is 0. The van der Waals surface area contributed by atoms with Crippen LogP contribution in [-0.2, 0) is 0 Å². The maximum absolute atomic E-state index is 13.8. The lowest BCUT2D eigenvalue weighted by molar-refractivity contribution is -0.255. The highest BCUT2D eigenvalue weighted by atomic mass is 79.9. The number of carboxylic acids is 1. The van der Waals surface area contributed by atoms with Gasteiger partial charge in [0.2, 0.25) is 5.82 Å². The molecule has 0 aliphatic rings. The minimum absolute atomic E-state index is 0.0510. The third kappa shape index (κ3) is 3.78. The largest absolute Gasteiger partial charge is 0.545 e. The summed E-state index contributed by atoms with van der Waals surface area (Å²) in [6.45, 7) is 0. The Morgan fingerprint density at radius 1 is 1.00 bits per heavy atom. The molecule has 0 atom stereocenters. The van der Waals surface area contributed by atoms with E-state index in [2.05, 4.69) is 47.8 Å². The van der Waals surface area contributed by atoms with Crippen LogP contribution in [0.2, 0.25) is 0 Å². The SMILES string of the molecule is O=C([O-])c1ccc(OC(=O)c2cc(Br)cc(Br)c2Br)c(F)c1F. The van der Waals surface area contributed by atoms with Crippen molar-refractivity contribution in [3.8, 4) is 5.75 Å². The maximum Gasteiger partial charge on any atom is 0.344 e. The van der Waals surface area contributed by atoms with Gasteiger partial charge >= 0.3 is 5.97 Å². The maximum atomic E-state index is 13.8. The quantitative estimate of drug-likeness (QED) is 0.355. The summed E-state index contributed by atoms with van der Waals surface area (Å²) in [6, 6.07) is 4.67. The van der Waals surface area contributed by atoms with Gasteiger partial charge in [-0.25, -0.2) is 9.18 Å². The van der Waals surface area contributed by atoms with Gasteiger partial charge in [0.1, 0.15) is 0 Å². The summed E-state index contributed by atoms with van der Waals surface area (Å²) in [5.74, 6) is -6.83. The van der Waals surface area contributed by atoms with E-state index in [1.165, 1.54) is 6.07 Å². The van der Waals surface area contributed by atoms with Crippen LogP contribution in [0.4, 0.5) is 8.78 Å². The molecule has 0 N–H and O–H groups in total. The van der Waals surface area contributed by atoms with E-state index in [0.29, 0.717) is 13.4 Å². The standard InChI is InChI=1S/C14H5Br3F2O4/c15-5-3-7(10(17)8(16)4-5)14(22)23-9-2-1-6(13(20)21)11(18)12(9)19/h1-4H,(H,20,21)/p-1. The zero-order chi connectivity index (χ0) is 17.3. The molecule has 0 fully saturated rings. The highest BCUT2D eigenvalue weighted by molar-refractivity contribution is 9.13. The number of carboxylic acid groups (broad SMARTS) is 1. The van der Waals surface area contributed by atoms with Crippen molar-refractivity contribution in [2.24, 2.45) is 0 Å². The molecule has 2 aromatic rings. The van der Waals surface area contributed by atoms with Crippen molar-refractivity contribution in [1.29, 1.82) is 0 Å². The number of aromatic carboxylic acids is 1. The molecule has 120 valence electrons. The van der Waals surface area contributed by atoms with E-state index < -0.39 is 34.9 Å². The van der Waals surface area contributed by atoms with Gasteiger partial charge < -0.3 is 14.6 Å². The molecule has 0 aliphatic carbocycles. The normalized spacial score (nSPS) is 10.5. The molecule has 0 saturated heterocycles. The van der Waals surface area contributed by atoms with Crippen LogP contribution in [0.3, 0.4) is 0 Å². The highest BCUT2D eigenvalue weighted by Crippen LogP contribution is 2.32. The number of carbonyl (C=O) groups excluding carboxylic acids is 2. The number of halogens is 5. The number of hydrogen-bond acceptors (Lipinski definition) is 4. The Bertz CT molecular complexity index is 824. The number of rotatable bonds is 3. The van der Waals surface area contributed by atoms with Crippen molar-refractivity contribution in [2.75, 3.05) is 0 Å². The zero-order valence-electron chi connectivity index (χ0n) is 10.8. The molecule has 0 aliphatic heterocycles. The van der Waals surface area contributed by atoms with Gasteiger partial charge in [-0.2, -0.15) is 4.39 Å². The first-order valence-electron chi connectivity index (χ1n) is 5.78. The predicted molar refractivity (Wildman–Crippen MR) is 85.2 cm³/mol. The molecule has 2 aromatic carbocycles. The second-order valence-corrected chi connectivity index (χ2v) is 6.73. The van der Waals surface area contributed by atoms with Crippen LogP contribution >= 0.6 is 47.8 Å². The van der Waals surface area contributed by atoms with E-state index in [9.17, 15) is 23.5 Å². The van der Waals surface area contributed by atoms with Crippen molar-refractivity contribution in [3.63, 3.8) is 0 Å². The zero-order valence-corrected chi connectivity index (χ0v) is 15.6. The molecule has 0 radical (unpaired) electrons. The Labute approximate surface area is 153 Å². The first-order chi connectivity index (χ1) is 10.7. The average Bonchev–Trinajstić information content (AvgIpc) is 2.47. The number of ether oxygens (including phenoxy) is 1. The van der Waals surface area contributed by atoms with Crippen molar-refractivity contribution in [2.45, 2.75) is 0 Å². The summed E-state index contributed by atoms with van der Waals surface area (Å²) < 4.78 is 33.6. The summed E-state index contributed by atoms with van der Waals surface area (Å²) in [7, 11) is 0. The van der Waals surface area contributed by atoms with Gasteiger partial charge in [-0.15, -0.1) is 0 Å². The molecule has 0 saturated carbocycles. The molecule has 0 amide bonds. The van der Waals surface area contributed by atoms with E-state index in [1.807, 2.05) is 0 Å². The molecule has 0 aromatic heterocycles. The molecule has 0 spiro atoms.